The first-order valence-electron chi connectivity index (χ1n) is 9.83. The Morgan fingerprint density at radius 2 is 1.53 bits per heavy atom. The molecule has 4 aromatic rings. The van der Waals surface area contributed by atoms with E-state index >= 15 is 0 Å². The number of hydrogen-bond acceptors (Lipinski definition) is 5. The van der Waals surface area contributed by atoms with Crippen molar-refractivity contribution < 1.29 is 19.8 Å². The zero-order chi connectivity index (χ0) is 22.7. The maximum atomic E-state index is 11.2. The lowest BCUT2D eigenvalue weighted by Crippen LogP contribution is -2.02. The van der Waals surface area contributed by atoms with E-state index in [0.29, 0.717) is 17.9 Å². The highest BCUT2D eigenvalue weighted by atomic mass is 16.4. The minimum Gasteiger partial charge on any atom is -0.478 e. The van der Waals surface area contributed by atoms with Gasteiger partial charge < -0.3 is 15.5 Å². The highest BCUT2D eigenvalue weighted by Gasteiger charge is 2.14. The molecule has 2 aromatic heterocycles. The number of aromatic nitrogens is 3. The molecule has 2 heterocycles. The fourth-order valence-corrected chi connectivity index (χ4v) is 3.20. The van der Waals surface area contributed by atoms with Gasteiger partial charge in [-0.1, -0.05) is 18.2 Å². The third kappa shape index (κ3) is 4.49. The van der Waals surface area contributed by atoms with Crippen LogP contribution in [0.1, 0.15) is 31.8 Å². The molecule has 4 rings (SSSR count). The monoisotopic (exact) mass is 428 g/mol. The Hall–Kier alpha value is -4.46. The van der Waals surface area contributed by atoms with Gasteiger partial charge in [0.2, 0.25) is 0 Å². The van der Waals surface area contributed by atoms with Crippen LogP contribution in [0.3, 0.4) is 0 Å². The second-order valence-corrected chi connectivity index (χ2v) is 7.26. The quantitative estimate of drug-likeness (QED) is 0.403. The van der Waals surface area contributed by atoms with Crippen LogP contribution >= 0.6 is 0 Å². The van der Waals surface area contributed by atoms with E-state index in [2.05, 4.69) is 15.4 Å². The van der Waals surface area contributed by atoms with Crippen molar-refractivity contribution in [3.05, 3.63) is 95.3 Å². The smallest absolute Gasteiger partial charge is 0.335 e. The average molecular weight is 428 g/mol. The molecule has 0 amide bonds. The summed E-state index contributed by atoms with van der Waals surface area (Å²) in [7, 11) is 0. The lowest BCUT2D eigenvalue weighted by molar-refractivity contribution is 0.0686. The highest BCUT2D eigenvalue weighted by Crippen LogP contribution is 2.25. The summed E-state index contributed by atoms with van der Waals surface area (Å²) in [6.45, 7) is 2.41. The van der Waals surface area contributed by atoms with Gasteiger partial charge in [-0.2, -0.15) is 5.10 Å². The molecule has 0 radical (unpaired) electrons. The SMILES string of the molecule is Cc1ccc(NCc2cn(-c3ccc(C(=O)O)cc3)nc2-c2ccc(C(=O)O)cc2)nc1. The van der Waals surface area contributed by atoms with E-state index in [1.54, 1.807) is 35.1 Å². The van der Waals surface area contributed by atoms with Gasteiger partial charge in [0.15, 0.2) is 0 Å². The van der Waals surface area contributed by atoms with Crippen molar-refractivity contribution in [2.75, 3.05) is 5.32 Å². The number of pyridine rings is 1. The van der Waals surface area contributed by atoms with Crippen LogP contribution < -0.4 is 5.32 Å². The Balaban J connectivity index is 1.69. The molecule has 0 aliphatic rings. The third-order valence-electron chi connectivity index (χ3n) is 4.95. The Labute approximate surface area is 183 Å². The predicted molar refractivity (Wildman–Crippen MR) is 119 cm³/mol. The Kier molecular flexibility index (Phi) is 5.67. The molecule has 0 saturated heterocycles. The van der Waals surface area contributed by atoms with Crippen LogP contribution in [0.4, 0.5) is 5.82 Å². The minimum atomic E-state index is -0.994. The van der Waals surface area contributed by atoms with Crippen molar-refractivity contribution in [3.63, 3.8) is 0 Å². The van der Waals surface area contributed by atoms with E-state index in [-0.39, 0.29) is 11.1 Å². The van der Waals surface area contributed by atoms with Crippen LogP contribution in [0, 0.1) is 6.92 Å². The zero-order valence-electron chi connectivity index (χ0n) is 17.2. The molecular formula is C24H20N4O4. The molecule has 0 spiro atoms. The molecule has 0 aliphatic heterocycles. The van der Waals surface area contributed by atoms with Crippen molar-refractivity contribution in [2.45, 2.75) is 13.5 Å². The van der Waals surface area contributed by atoms with E-state index < -0.39 is 11.9 Å². The molecule has 8 heteroatoms. The van der Waals surface area contributed by atoms with Gasteiger partial charge in [-0.15, -0.1) is 0 Å². The van der Waals surface area contributed by atoms with Gasteiger partial charge >= 0.3 is 11.9 Å². The van der Waals surface area contributed by atoms with Gasteiger partial charge in [0.05, 0.1) is 22.5 Å². The van der Waals surface area contributed by atoms with Crippen LogP contribution in [-0.2, 0) is 6.54 Å². The molecule has 3 N–H and O–H groups in total. The van der Waals surface area contributed by atoms with E-state index in [4.69, 9.17) is 10.2 Å². The molecule has 0 saturated carbocycles. The lowest BCUT2D eigenvalue weighted by Gasteiger charge is -2.06. The maximum Gasteiger partial charge on any atom is 0.335 e. The van der Waals surface area contributed by atoms with Gasteiger partial charge in [-0.3, -0.25) is 0 Å². The fraction of sp³-hybridized carbons (Fsp3) is 0.0833. The largest absolute Gasteiger partial charge is 0.478 e. The molecule has 0 bridgehead atoms. The van der Waals surface area contributed by atoms with Gasteiger partial charge in [-0.25, -0.2) is 19.3 Å². The number of carboxylic acid groups (broad SMARTS) is 2. The van der Waals surface area contributed by atoms with Crippen molar-refractivity contribution in [3.8, 4) is 16.9 Å². The van der Waals surface area contributed by atoms with E-state index in [9.17, 15) is 9.59 Å². The number of carboxylic acids is 2. The van der Waals surface area contributed by atoms with Crippen molar-refractivity contribution >= 4 is 17.8 Å². The van der Waals surface area contributed by atoms with Crippen LogP contribution in [0.5, 0.6) is 0 Å². The summed E-state index contributed by atoms with van der Waals surface area (Å²) in [4.78, 5) is 26.7. The molecule has 8 nitrogen and oxygen atoms in total. The molecule has 32 heavy (non-hydrogen) atoms. The standard InChI is InChI=1S/C24H20N4O4/c1-15-2-11-21(25-12-15)26-13-19-14-28(20-9-7-18(8-10-20)24(31)32)27-22(19)16-3-5-17(6-4-16)23(29)30/h2-12,14H,13H2,1H3,(H,25,26)(H,29,30)(H,31,32). The first kappa shape index (κ1) is 20.8. The fourth-order valence-electron chi connectivity index (χ4n) is 3.20. The van der Waals surface area contributed by atoms with Crippen molar-refractivity contribution in [1.29, 1.82) is 0 Å². The van der Waals surface area contributed by atoms with Gasteiger partial charge in [-0.05, 0) is 55.0 Å². The van der Waals surface area contributed by atoms with E-state index in [1.165, 1.54) is 24.3 Å². The zero-order valence-corrected chi connectivity index (χ0v) is 17.2. The van der Waals surface area contributed by atoms with Crippen molar-refractivity contribution in [1.82, 2.24) is 14.8 Å². The first-order chi connectivity index (χ1) is 15.4. The molecule has 0 atom stereocenters. The van der Waals surface area contributed by atoms with Crippen LogP contribution in [0.25, 0.3) is 16.9 Å². The highest BCUT2D eigenvalue weighted by molar-refractivity contribution is 5.88. The number of aromatic carboxylic acids is 2. The summed E-state index contributed by atoms with van der Waals surface area (Å²) >= 11 is 0. The normalized spacial score (nSPS) is 10.7. The van der Waals surface area contributed by atoms with E-state index in [0.717, 1.165) is 22.5 Å². The third-order valence-corrected chi connectivity index (χ3v) is 4.95. The molecule has 0 fully saturated rings. The summed E-state index contributed by atoms with van der Waals surface area (Å²) in [5.74, 6) is -1.26. The maximum absolute atomic E-state index is 11.2. The average Bonchev–Trinajstić information content (AvgIpc) is 3.23. The molecule has 2 aromatic carbocycles. The van der Waals surface area contributed by atoms with Gasteiger partial charge in [0.1, 0.15) is 5.82 Å². The summed E-state index contributed by atoms with van der Waals surface area (Å²) < 4.78 is 1.67. The molecule has 160 valence electrons. The lowest BCUT2D eigenvalue weighted by atomic mass is 10.1. The summed E-state index contributed by atoms with van der Waals surface area (Å²) in [6, 6.07) is 16.8. The first-order valence-corrected chi connectivity index (χ1v) is 9.83. The second kappa shape index (κ2) is 8.73. The van der Waals surface area contributed by atoms with Gasteiger partial charge in [0, 0.05) is 30.1 Å². The summed E-state index contributed by atoms with van der Waals surface area (Å²) in [5, 5.41) is 26.3. The van der Waals surface area contributed by atoms with Crippen LogP contribution in [0.15, 0.2) is 73.1 Å². The number of aryl methyl sites for hydroxylation is 1. The van der Waals surface area contributed by atoms with Crippen molar-refractivity contribution in [2.24, 2.45) is 0 Å². The number of nitrogens with zero attached hydrogens (tertiary/aromatic N) is 3. The number of anilines is 1. The minimum absolute atomic E-state index is 0.192. The predicted octanol–water partition coefficient (Wildman–Crippen LogP) is 4.25. The Bertz CT molecular complexity index is 1260. The number of benzene rings is 2. The number of carbonyl (C=O) groups is 2. The number of nitrogens with one attached hydrogen (secondary N) is 1. The Morgan fingerprint density at radius 3 is 2.09 bits per heavy atom. The van der Waals surface area contributed by atoms with Crippen LogP contribution in [0.2, 0.25) is 0 Å². The van der Waals surface area contributed by atoms with Crippen LogP contribution in [-0.4, -0.2) is 36.9 Å². The van der Waals surface area contributed by atoms with Gasteiger partial charge in [0.25, 0.3) is 0 Å². The Morgan fingerprint density at radius 1 is 0.906 bits per heavy atom. The molecule has 0 unspecified atom stereocenters. The number of hydrogen-bond donors (Lipinski definition) is 3. The molecular weight excluding hydrogens is 408 g/mol. The number of rotatable bonds is 7. The second-order valence-electron chi connectivity index (χ2n) is 7.26. The van der Waals surface area contributed by atoms with E-state index in [1.807, 2.05) is 25.3 Å². The topological polar surface area (TPSA) is 117 Å². The summed E-state index contributed by atoms with van der Waals surface area (Å²) in [5.41, 5.74) is 4.48. The summed E-state index contributed by atoms with van der Waals surface area (Å²) in [6.07, 6.45) is 3.64. The molecule has 0 aliphatic carbocycles.